The largest absolute Gasteiger partial charge is 0.465 e. The lowest BCUT2D eigenvalue weighted by atomic mass is 10.0. The van der Waals surface area contributed by atoms with E-state index in [1.807, 2.05) is 74.5 Å². The van der Waals surface area contributed by atoms with Crippen LogP contribution >= 0.6 is 0 Å². The van der Waals surface area contributed by atoms with Crippen LogP contribution in [0.5, 0.6) is 0 Å². The Bertz CT molecular complexity index is 1590. The fraction of sp³-hybridized carbons (Fsp3) is 0.143. The minimum atomic E-state index is -0.416. The number of hydrogen-bond donors (Lipinski definition) is 1. The van der Waals surface area contributed by atoms with Gasteiger partial charge in [-0.15, -0.1) is 0 Å². The summed E-state index contributed by atoms with van der Waals surface area (Å²) in [6.45, 7) is 4.49. The van der Waals surface area contributed by atoms with Crippen molar-refractivity contribution in [1.29, 1.82) is 0 Å². The number of benzene rings is 3. The van der Waals surface area contributed by atoms with E-state index in [1.54, 1.807) is 16.7 Å². The van der Waals surface area contributed by atoms with Gasteiger partial charge in [0.25, 0.3) is 5.56 Å². The van der Waals surface area contributed by atoms with Crippen molar-refractivity contribution in [3.05, 3.63) is 94.3 Å². The van der Waals surface area contributed by atoms with Crippen LogP contribution in [0.4, 0.5) is 11.6 Å². The Morgan fingerprint density at radius 3 is 2.41 bits per heavy atom. The lowest BCUT2D eigenvalue weighted by Gasteiger charge is -2.10. The van der Waals surface area contributed by atoms with Crippen LogP contribution in [0.2, 0.25) is 0 Å². The first-order valence-electron chi connectivity index (χ1n) is 11.1. The summed E-state index contributed by atoms with van der Waals surface area (Å²) in [7, 11) is 1.35. The normalized spacial score (nSPS) is 11.1. The molecule has 0 fully saturated rings. The van der Waals surface area contributed by atoms with Crippen LogP contribution < -0.4 is 10.9 Å². The Balaban J connectivity index is 1.84. The predicted molar refractivity (Wildman–Crippen MR) is 135 cm³/mol. The number of para-hydroxylation sites is 2. The number of nitrogens with zero attached hydrogens (tertiary/aromatic N) is 1. The van der Waals surface area contributed by atoms with E-state index < -0.39 is 5.97 Å². The molecule has 0 saturated carbocycles. The van der Waals surface area contributed by atoms with Crippen LogP contribution in [0.1, 0.15) is 22.8 Å². The molecule has 0 spiro atoms. The summed E-state index contributed by atoms with van der Waals surface area (Å²) in [4.78, 5) is 25.7. The molecular formula is C28H24N2O4. The van der Waals surface area contributed by atoms with E-state index >= 15 is 0 Å². The molecule has 0 aliphatic rings. The maximum atomic E-state index is 13.7. The van der Waals surface area contributed by atoms with Gasteiger partial charge in [-0.3, -0.25) is 4.79 Å². The average Bonchev–Trinajstić information content (AvgIpc) is 3.25. The van der Waals surface area contributed by atoms with Crippen molar-refractivity contribution >= 4 is 39.4 Å². The van der Waals surface area contributed by atoms with Crippen LogP contribution in [-0.2, 0) is 11.3 Å². The highest BCUT2D eigenvalue weighted by molar-refractivity contribution is 6.11. The first-order valence-corrected chi connectivity index (χ1v) is 11.1. The molecule has 5 rings (SSSR count). The third-order valence-electron chi connectivity index (χ3n) is 6.11. The lowest BCUT2D eigenvalue weighted by Crippen LogP contribution is -2.19. The van der Waals surface area contributed by atoms with E-state index in [9.17, 15) is 9.59 Å². The molecule has 0 unspecified atom stereocenters. The molecule has 0 amide bonds. The Hall–Kier alpha value is -4.32. The molecule has 34 heavy (non-hydrogen) atoms. The number of esters is 1. The van der Waals surface area contributed by atoms with Crippen molar-refractivity contribution in [3.63, 3.8) is 0 Å². The zero-order valence-corrected chi connectivity index (χ0v) is 19.2. The van der Waals surface area contributed by atoms with Gasteiger partial charge in [-0.25, -0.2) is 4.79 Å². The molecule has 0 radical (unpaired) electrons. The van der Waals surface area contributed by atoms with E-state index in [0.29, 0.717) is 34.5 Å². The highest BCUT2D eigenvalue weighted by Crippen LogP contribution is 2.41. The molecule has 0 aliphatic heterocycles. The molecule has 6 heteroatoms. The number of carbonyl (C=O) groups excluding carboxylic acids is 1. The quantitative estimate of drug-likeness (QED) is 0.318. The maximum absolute atomic E-state index is 13.7. The highest BCUT2D eigenvalue weighted by Gasteiger charge is 2.23. The second kappa shape index (κ2) is 8.56. The van der Waals surface area contributed by atoms with Gasteiger partial charge in [0.15, 0.2) is 5.58 Å². The van der Waals surface area contributed by atoms with E-state index in [4.69, 9.17) is 9.15 Å². The topological polar surface area (TPSA) is 73.5 Å². The number of methoxy groups -OCH3 is 1. The molecule has 6 nitrogen and oxygen atoms in total. The molecule has 0 bridgehead atoms. The molecule has 3 aromatic carbocycles. The van der Waals surface area contributed by atoms with E-state index in [0.717, 1.165) is 27.7 Å². The number of ether oxygens (including phenoxy) is 1. The molecule has 5 aromatic rings. The summed E-state index contributed by atoms with van der Waals surface area (Å²) in [6.07, 6.45) is 0. The number of fused-ring (bicyclic) bond motifs is 3. The molecule has 0 atom stereocenters. The number of furan rings is 1. The number of aromatic nitrogens is 1. The maximum Gasteiger partial charge on any atom is 0.337 e. The SMILES string of the molecule is CCn1c(=O)c2c(-c3ccc(C(=O)OC)cc3)c(Nc3ccccc3C)oc2c2ccccc21. The number of hydrogen-bond acceptors (Lipinski definition) is 5. The van der Waals surface area contributed by atoms with E-state index in [2.05, 4.69) is 5.32 Å². The van der Waals surface area contributed by atoms with Crippen LogP contribution in [0, 0.1) is 6.92 Å². The fourth-order valence-electron chi connectivity index (χ4n) is 4.37. The van der Waals surface area contributed by atoms with Crippen molar-refractivity contribution in [3.8, 4) is 11.1 Å². The summed E-state index contributed by atoms with van der Waals surface area (Å²) in [6, 6.07) is 22.7. The molecule has 0 aliphatic carbocycles. The predicted octanol–water partition coefficient (Wildman–Crippen LogP) is 6.27. The second-order valence-electron chi connectivity index (χ2n) is 8.09. The monoisotopic (exact) mass is 452 g/mol. The minimum absolute atomic E-state index is 0.121. The summed E-state index contributed by atoms with van der Waals surface area (Å²) in [5, 5.41) is 4.77. The zero-order chi connectivity index (χ0) is 23.8. The minimum Gasteiger partial charge on any atom is -0.465 e. The van der Waals surface area contributed by atoms with Crippen molar-refractivity contribution in [2.45, 2.75) is 20.4 Å². The number of carbonyl (C=O) groups is 1. The second-order valence-corrected chi connectivity index (χ2v) is 8.09. The summed E-state index contributed by atoms with van der Waals surface area (Å²) < 4.78 is 13.0. The Morgan fingerprint density at radius 1 is 1.00 bits per heavy atom. The smallest absolute Gasteiger partial charge is 0.337 e. The molecule has 170 valence electrons. The Labute approximate surface area is 196 Å². The van der Waals surface area contributed by atoms with Crippen LogP contribution in [-0.4, -0.2) is 17.6 Å². The molecule has 1 N–H and O–H groups in total. The van der Waals surface area contributed by atoms with Crippen molar-refractivity contribution < 1.29 is 13.9 Å². The zero-order valence-electron chi connectivity index (χ0n) is 19.2. The first kappa shape index (κ1) is 21.5. The van der Waals surface area contributed by atoms with Gasteiger partial charge in [-0.05, 0) is 55.3 Å². The molecule has 2 aromatic heterocycles. The van der Waals surface area contributed by atoms with Crippen molar-refractivity contribution in [1.82, 2.24) is 4.57 Å². The first-order chi connectivity index (χ1) is 16.5. The number of aryl methyl sites for hydroxylation is 2. The van der Waals surface area contributed by atoms with Crippen LogP contribution in [0.15, 0.2) is 82.0 Å². The van der Waals surface area contributed by atoms with Gasteiger partial charge in [-0.2, -0.15) is 0 Å². The standard InChI is InChI=1S/C28H24N2O4/c1-4-30-22-12-8-6-10-20(22)25-24(27(30)31)23(18-13-15-19(16-14-18)28(32)33-3)26(34-25)29-21-11-7-5-9-17(21)2/h5-16,29H,4H2,1-3H3. The summed E-state index contributed by atoms with van der Waals surface area (Å²) in [5.41, 5.74) is 5.03. The Kier molecular flexibility index (Phi) is 5.42. The van der Waals surface area contributed by atoms with E-state index in [-0.39, 0.29) is 5.56 Å². The van der Waals surface area contributed by atoms with Gasteiger partial charge in [0, 0.05) is 17.6 Å². The highest BCUT2D eigenvalue weighted by atomic mass is 16.5. The number of anilines is 2. The molecule has 2 heterocycles. The number of nitrogens with one attached hydrogen (secondary N) is 1. The number of pyridine rings is 1. The fourth-order valence-corrected chi connectivity index (χ4v) is 4.37. The van der Waals surface area contributed by atoms with Gasteiger partial charge < -0.3 is 19.0 Å². The van der Waals surface area contributed by atoms with Gasteiger partial charge >= 0.3 is 5.97 Å². The molecular weight excluding hydrogens is 428 g/mol. The lowest BCUT2D eigenvalue weighted by molar-refractivity contribution is 0.0600. The third-order valence-corrected chi connectivity index (χ3v) is 6.11. The molecule has 0 saturated heterocycles. The average molecular weight is 453 g/mol. The van der Waals surface area contributed by atoms with E-state index in [1.165, 1.54) is 7.11 Å². The third kappa shape index (κ3) is 3.44. The number of rotatable bonds is 5. The van der Waals surface area contributed by atoms with Gasteiger partial charge in [0.05, 0.1) is 29.1 Å². The van der Waals surface area contributed by atoms with Gasteiger partial charge in [0.2, 0.25) is 5.88 Å². The van der Waals surface area contributed by atoms with Crippen molar-refractivity contribution in [2.75, 3.05) is 12.4 Å². The summed E-state index contributed by atoms with van der Waals surface area (Å²) in [5.74, 6) is 0.0624. The van der Waals surface area contributed by atoms with Crippen LogP contribution in [0.3, 0.4) is 0 Å². The van der Waals surface area contributed by atoms with Gasteiger partial charge in [0.1, 0.15) is 0 Å². The van der Waals surface area contributed by atoms with Crippen molar-refractivity contribution in [2.24, 2.45) is 0 Å². The Morgan fingerprint density at radius 2 is 1.71 bits per heavy atom. The van der Waals surface area contributed by atoms with Gasteiger partial charge in [-0.1, -0.05) is 42.5 Å². The summed E-state index contributed by atoms with van der Waals surface area (Å²) >= 11 is 0. The van der Waals surface area contributed by atoms with Crippen LogP contribution in [0.25, 0.3) is 33.0 Å².